The second-order valence-corrected chi connectivity index (χ2v) is 6.48. The number of nitrogens with zero attached hydrogens (tertiary/aromatic N) is 1. The molecule has 5 heteroatoms. The molecule has 1 aliphatic carbocycles. The first-order chi connectivity index (χ1) is 12.1. The van der Waals surface area contributed by atoms with E-state index in [1.54, 1.807) is 0 Å². The van der Waals surface area contributed by atoms with Crippen molar-refractivity contribution in [3.05, 3.63) is 24.3 Å². The summed E-state index contributed by atoms with van der Waals surface area (Å²) < 4.78 is 5.56. The third-order valence-electron chi connectivity index (χ3n) is 4.97. The average Bonchev–Trinajstić information content (AvgIpc) is 2.64. The van der Waals surface area contributed by atoms with Crippen LogP contribution in [0.1, 0.15) is 46.5 Å². The zero-order valence-corrected chi connectivity index (χ0v) is 15.6. The topological polar surface area (TPSA) is 58.6 Å². The smallest absolute Gasteiger partial charge is 0.227 e. The fourth-order valence-corrected chi connectivity index (χ4v) is 3.48. The Labute approximate surface area is 150 Å². The molecule has 0 atom stereocenters. The number of para-hydroxylation sites is 2. The molecular weight excluding hydrogens is 316 g/mol. The first-order valence-electron chi connectivity index (χ1n) is 9.42. The molecule has 0 saturated heterocycles. The predicted octanol–water partition coefficient (Wildman–Crippen LogP) is 3.70. The molecule has 1 N–H and O–H groups in total. The van der Waals surface area contributed by atoms with Crippen LogP contribution in [0.15, 0.2) is 24.3 Å². The fraction of sp³-hybridized carbons (Fsp3) is 0.600. The van der Waals surface area contributed by atoms with Crippen molar-refractivity contribution in [1.29, 1.82) is 0 Å². The van der Waals surface area contributed by atoms with Crippen molar-refractivity contribution < 1.29 is 14.3 Å². The minimum Gasteiger partial charge on any atom is -0.492 e. The van der Waals surface area contributed by atoms with Gasteiger partial charge in [0.15, 0.2) is 0 Å². The van der Waals surface area contributed by atoms with Gasteiger partial charge in [0.2, 0.25) is 11.8 Å². The van der Waals surface area contributed by atoms with E-state index in [0.29, 0.717) is 12.4 Å². The highest BCUT2D eigenvalue weighted by Gasteiger charge is 2.31. The van der Waals surface area contributed by atoms with Crippen LogP contribution in [0.4, 0.5) is 5.69 Å². The summed E-state index contributed by atoms with van der Waals surface area (Å²) in [6.07, 6.45) is 3.11. The lowest BCUT2D eigenvalue weighted by Crippen LogP contribution is -2.38. The molecule has 0 unspecified atom stereocenters. The number of carbonyl (C=O) groups is 2. The first kappa shape index (κ1) is 19.3. The molecule has 138 valence electrons. The molecule has 0 aliphatic heterocycles. The standard InChI is InChI=1S/C20H30N2O3/c1-4-22(5-2)20(24)16-13-11-15(12-14-16)19(23)21-17-9-7-8-10-18(17)25-6-3/h7-10,15-16H,4-6,11-14H2,1-3H3,(H,21,23). The van der Waals surface area contributed by atoms with Crippen molar-refractivity contribution in [3.8, 4) is 5.75 Å². The Morgan fingerprint density at radius 2 is 1.64 bits per heavy atom. The summed E-state index contributed by atoms with van der Waals surface area (Å²) in [4.78, 5) is 26.9. The number of nitrogens with one attached hydrogen (secondary N) is 1. The van der Waals surface area contributed by atoms with Gasteiger partial charge in [-0.3, -0.25) is 9.59 Å². The molecule has 1 aliphatic rings. The van der Waals surface area contributed by atoms with Crippen LogP contribution in [-0.2, 0) is 9.59 Å². The van der Waals surface area contributed by atoms with Gasteiger partial charge in [-0.15, -0.1) is 0 Å². The van der Waals surface area contributed by atoms with Crippen LogP contribution in [0, 0.1) is 11.8 Å². The van der Waals surface area contributed by atoms with E-state index in [4.69, 9.17) is 4.74 Å². The third-order valence-corrected chi connectivity index (χ3v) is 4.97. The fourth-order valence-electron chi connectivity index (χ4n) is 3.48. The Balaban J connectivity index is 1.90. The zero-order chi connectivity index (χ0) is 18.2. The molecule has 1 aromatic carbocycles. The van der Waals surface area contributed by atoms with Gasteiger partial charge in [0.25, 0.3) is 0 Å². The molecule has 0 heterocycles. The minimum absolute atomic E-state index is 0.0286. The first-order valence-corrected chi connectivity index (χ1v) is 9.42. The van der Waals surface area contributed by atoms with Crippen LogP contribution in [-0.4, -0.2) is 36.4 Å². The quantitative estimate of drug-likeness (QED) is 0.819. The second kappa shape index (κ2) is 9.44. The number of anilines is 1. The predicted molar refractivity (Wildman–Crippen MR) is 99.6 cm³/mol. The van der Waals surface area contributed by atoms with Gasteiger partial charge in [-0.25, -0.2) is 0 Å². The highest BCUT2D eigenvalue weighted by molar-refractivity contribution is 5.94. The van der Waals surface area contributed by atoms with Crippen LogP contribution in [0.5, 0.6) is 5.75 Å². The number of amides is 2. The Morgan fingerprint density at radius 1 is 1.04 bits per heavy atom. The summed E-state index contributed by atoms with van der Waals surface area (Å²) in [6.45, 7) is 8.01. The van der Waals surface area contributed by atoms with Crippen LogP contribution < -0.4 is 10.1 Å². The van der Waals surface area contributed by atoms with Crippen LogP contribution in [0.2, 0.25) is 0 Å². The molecule has 25 heavy (non-hydrogen) atoms. The molecule has 0 aromatic heterocycles. The molecule has 1 fully saturated rings. The number of hydrogen-bond donors (Lipinski definition) is 1. The van der Waals surface area contributed by atoms with Gasteiger partial charge in [-0.05, 0) is 58.6 Å². The maximum atomic E-state index is 12.6. The third kappa shape index (κ3) is 4.97. The summed E-state index contributed by atoms with van der Waals surface area (Å²) in [7, 11) is 0. The number of carbonyl (C=O) groups excluding carboxylic acids is 2. The Kier molecular flexibility index (Phi) is 7.29. The minimum atomic E-state index is -0.0320. The normalized spacial score (nSPS) is 20.0. The largest absolute Gasteiger partial charge is 0.492 e. The van der Waals surface area contributed by atoms with Gasteiger partial charge in [0.05, 0.1) is 12.3 Å². The molecule has 5 nitrogen and oxygen atoms in total. The van der Waals surface area contributed by atoms with Crippen molar-refractivity contribution >= 4 is 17.5 Å². The number of hydrogen-bond acceptors (Lipinski definition) is 3. The van der Waals surface area contributed by atoms with Crippen molar-refractivity contribution in [1.82, 2.24) is 4.90 Å². The molecular formula is C20H30N2O3. The monoisotopic (exact) mass is 346 g/mol. The van der Waals surface area contributed by atoms with E-state index in [0.717, 1.165) is 44.5 Å². The van der Waals surface area contributed by atoms with Crippen LogP contribution in [0.25, 0.3) is 0 Å². The van der Waals surface area contributed by atoms with Gasteiger partial charge >= 0.3 is 0 Å². The summed E-state index contributed by atoms with van der Waals surface area (Å²) in [5.74, 6) is 1.00. The van der Waals surface area contributed by atoms with E-state index in [1.165, 1.54) is 0 Å². The molecule has 0 bridgehead atoms. The summed E-state index contributed by atoms with van der Waals surface area (Å²) in [5, 5.41) is 2.99. The van der Waals surface area contributed by atoms with Gasteiger partial charge < -0.3 is 15.0 Å². The lowest BCUT2D eigenvalue weighted by molar-refractivity contribution is -0.137. The maximum absolute atomic E-state index is 12.6. The molecule has 2 amide bonds. The van der Waals surface area contributed by atoms with E-state index >= 15 is 0 Å². The Bertz CT molecular complexity index is 576. The summed E-state index contributed by atoms with van der Waals surface area (Å²) in [6, 6.07) is 7.50. The maximum Gasteiger partial charge on any atom is 0.227 e. The van der Waals surface area contributed by atoms with Crippen molar-refractivity contribution in [2.75, 3.05) is 25.0 Å². The van der Waals surface area contributed by atoms with Gasteiger partial charge in [-0.1, -0.05) is 12.1 Å². The van der Waals surface area contributed by atoms with Gasteiger partial charge in [-0.2, -0.15) is 0 Å². The molecule has 2 rings (SSSR count). The van der Waals surface area contributed by atoms with Gasteiger partial charge in [0, 0.05) is 24.9 Å². The molecule has 0 spiro atoms. The van der Waals surface area contributed by atoms with Crippen molar-refractivity contribution in [3.63, 3.8) is 0 Å². The second-order valence-electron chi connectivity index (χ2n) is 6.48. The van der Waals surface area contributed by atoms with E-state index < -0.39 is 0 Å². The zero-order valence-electron chi connectivity index (χ0n) is 15.6. The van der Waals surface area contributed by atoms with E-state index in [2.05, 4.69) is 5.32 Å². The molecule has 1 aromatic rings. The van der Waals surface area contributed by atoms with E-state index in [-0.39, 0.29) is 23.7 Å². The SMILES string of the molecule is CCOc1ccccc1NC(=O)C1CCC(C(=O)N(CC)CC)CC1. The number of ether oxygens (including phenoxy) is 1. The molecule has 0 radical (unpaired) electrons. The number of rotatable bonds is 7. The van der Waals surface area contributed by atoms with E-state index in [1.807, 2.05) is 49.9 Å². The van der Waals surface area contributed by atoms with Crippen molar-refractivity contribution in [2.24, 2.45) is 11.8 Å². The Morgan fingerprint density at radius 3 is 2.24 bits per heavy atom. The average molecular weight is 346 g/mol. The molecule has 1 saturated carbocycles. The van der Waals surface area contributed by atoms with Crippen LogP contribution in [0.3, 0.4) is 0 Å². The van der Waals surface area contributed by atoms with Crippen LogP contribution >= 0.6 is 0 Å². The van der Waals surface area contributed by atoms with Crippen molar-refractivity contribution in [2.45, 2.75) is 46.5 Å². The highest BCUT2D eigenvalue weighted by atomic mass is 16.5. The Hall–Kier alpha value is -2.04. The highest BCUT2D eigenvalue weighted by Crippen LogP contribution is 2.32. The van der Waals surface area contributed by atoms with Gasteiger partial charge in [0.1, 0.15) is 5.75 Å². The number of benzene rings is 1. The van der Waals surface area contributed by atoms with E-state index in [9.17, 15) is 9.59 Å². The summed E-state index contributed by atoms with van der Waals surface area (Å²) >= 11 is 0. The lowest BCUT2D eigenvalue weighted by atomic mass is 9.81. The summed E-state index contributed by atoms with van der Waals surface area (Å²) in [5.41, 5.74) is 0.718. The lowest BCUT2D eigenvalue weighted by Gasteiger charge is -2.30.